The lowest BCUT2D eigenvalue weighted by atomic mass is 9.93. The molecule has 3 rings (SSSR count). The monoisotopic (exact) mass is 265 g/mol. The van der Waals surface area contributed by atoms with Crippen LogP contribution < -0.4 is 5.32 Å². The van der Waals surface area contributed by atoms with Crippen molar-refractivity contribution in [2.45, 2.75) is 12.6 Å². The summed E-state index contributed by atoms with van der Waals surface area (Å²) in [6.07, 6.45) is 0. The highest BCUT2D eigenvalue weighted by molar-refractivity contribution is 6.23. The summed E-state index contributed by atoms with van der Waals surface area (Å²) in [6.45, 7) is 1.78. The number of benzene rings is 2. The van der Waals surface area contributed by atoms with Gasteiger partial charge in [-0.3, -0.25) is 4.79 Å². The van der Waals surface area contributed by atoms with Crippen LogP contribution in [0.3, 0.4) is 0 Å². The van der Waals surface area contributed by atoms with Crippen LogP contribution in [0.4, 0.5) is 0 Å². The Hall–Kier alpha value is -2.39. The summed E-state index contributed by atoms with van der Waals surface area (Å²) >= 11 is 0. The van der Waals surface area contributed by atoms with Crippen molar-refractivity contribution in [3.8, 4) is 0 Å². The highest BCUT2D eigenvalue weighted by atomic mass is 16.3. The number of carbonyl (C=O) groups excluding carboxylic acids is 1. The molecule has 3 heteroatoms. The van der Waals surface area contributed by atoms with Gasteiger partial charge in [-0.05, 0) is 18.1 Å². The maximum Gasteiger partial charge on any atom is 0.254 e. The molecule has 1 aliphatic rings. The van der Waals surface area contributed by atoms with Crippen molar-refractivity contribution >= 4 is 11.5 Å². The number of hydrogen-bond donors (Lipinski definition) is 2. The molecule has 1 aliphatic heterocycles. The summed E-state index contributed by atoms with van der Waals surface area (Å²) in [5, 5.41) is 13.5. The Morgan fingerprint density at radius 3 is 2.10 bits per heavy atom. The number of hydrogen-bond acceptors (Lipinski definition) is 2. The van der Waals surface area contributed by atoms with Gasteiger partial charge < -0.3 is 10.4 Å². The minimum absolute atomic E-state index is 0.250. The topological polar surface area (TPSA) is 49.3 Å². The van der Waals surface area contributed by atoms with Crippen molar-refractivity contribution < 1.29 is 9.90 Å². The molecular formula is C17H15NO2. The molecule has 20 heavy (non-hydrogen) atoms. The van der Waals surface area contributed by atoms with Crippen LogP contribution in [0, 0.1) is 0 Å². The molecule has 1 atom stereocenters. The van der Waals surface area contributed by atoms with Crippen LogP contribution in [0.15, 0.2) is 66.2 Å². The summed E-state index contributed by atoms with van der Waals surface area (Å²) in [4.78, 5) is 12.2. The van der Waals surface area contributed by atoms with Gasteiger partial charge in [0.05, 0.1) is 5.57 Å². The van der Waals surface area contributed by atoms with E-state index >= 15 is 0 Å². The van der Waals surface area contributed by atoms with Gasteiger partial charge in [0.15, 0.2) is 5.72 Å². The van der Waals surface area contributed by atoms with E-state index < -0.39 is 5.72 Å². The van der Waals surface area contributed by atoms with Gasteiger partial charge in [0.1, 0.15) is 0 Å². The minimum Gasteiger partial charge on any atom is -0.363 e. The molecule has 0 saturated carbocycles. The SMILES string of the molecule is CC1=C(c2ccccc2)C(=O)NC1(O)c1ccccc1. The van der Waals surface area contributed by atoms with Crippen LogP contribution in [0.1, 0.15) is 18.1 Å². The third-order valence-electron chi connectivity index (χ3n) is 3.69. The van der Waals surface area contributed by atoms with Gasteiger partial charge in [0.25, 0.3) is 5.91 Å². The van der Waals surface area contributed by atoms with Gasteiger partial charge in [0, 0.05) is 5.56 Å². The Bertz CT molecular complexity index is 677. The molecule has 0 fully saturated rings. The van der Waals surface area contributed by atoms with Crippen LogP contribution in [0.25, 0.3) is 5.57 Å². The molecule has 0 spiro atoms. The van der Waals surface area contributed by atoms with E-state index in [9.17, 15) is 9.90 Å². The second-order valence-corrected chi connectivity index (χ2v) is 4.90. The van der Waals surface area contributed by atoms with E-state index in [0.29, 0.717) is 16.7 Å². The fourth-order valence-corrected chi connectivity index (χ4v) is 2.59. The van der Waals surface area contributed by atoms with Gasteiger partial charge in [-0.1, -0.05) is 60.7 Å². The molecule has 2 N–H and O–H groups in total. The number of rotatable bonds is 2. The molecule has 0 radical (unpaired) electrons. The molecular weight excluding hydrogens is 250 g/mol. The number of amides is 1. The zero-order valence-corrected chi connectivity index (χ0v) is 11.1. The third kappa shape index (κ3) is 1.84. The fraction of sp³-hybridized carbons (Fsp3) is 0.118. The minimum atomic E-state index is -1.43. The van der Waals surface area contributed by atoms with E-state index in [4.69, 9.17) is 0 Å². The van der Waals surface area contributed by atoms with Crippen molar-refractivity contribution in [3.63, 3.8) is 0 Å². The van der Waals surface area contributed by atoms with E-state index in [-0.39, 0.29) is 5.91 Å². The van der Waals surface area contributed by atoms with Crippen molar-refractivity contribution in [1.29, 1.82) is 0 Å². The molecule has 1 unspecified atom stereocenters. The second kappa shape index (κ2) is 4.62. The standard InChI is InChI=1S/C17H15NO2/c1-12-15(13-8-4-2-5-9-13)16(19)18-17(12,20)14-10-6-3-7-11-14/h2-11,20H,1H3,(H,18,19). The largest absolute Gasteiger partial charge is 0.363 e. The first-order valence-electron chi connectivity index (χ1n) is 6.50. The molecule has 0 bridgehead atoms. The molecule has 1 heterocycles. The summed E-state index contributed by atoms with van der Waals surface area (Å²) in [5.74, 6) is -0.250. The summed E-state index contributed by atoms with van der Waals surface area (Å²) < 4.78 is 0. The highest BCUT2D eigenvalue weighted by Gasteiger charge is 2.42. The van der Waals surface area contributed by atoms with Crippen molar-refractivity contribution in [3.05, 3.63) is 77.4 Å². The molecule has 2 aromatic carbocycles. The van der Waals surface area contributed by atoms with E-state index in [1.165, 1.54) is 0 Å². The molecule has 2 aromatic rings. The Morgan fingerprint density at radius 1 is 0.950 bits per heavy atom. The summed E-state index contributed by atoms with van der Waals surface area (Å²) in [5.41, 5.74) is 1.21. The zero-order chi connectivity index (χ0) is 14.2. The average molecular weight is 265 g/mol. The highest BCUT2D eigenvalue weighted by Crippen LogP contribution is 2.37. The van der Waals surface area contributed by atoms with Gasteiger partial charge in [0.2, 0.25) is 0 Å². The lowest BCUT2D eigenvalue weighted by molar-refractivity contribution is -0.119. The third-order valence-corrected chi connectivity index (χ3v) is 3.69. The molecule has 1 amide bonds. The van der Waals surface area contributed by atoms with E-state index in [1.807, 2.05) is 48.5 Å². The first-order chi connectivity index (χ1) is 9.63. The molecule has 100 valence electrons. The van der Waals surface area contributed by atoms with E-state index in [1.54, 1.807) is 19.1 Å². The first kappa shape index (κ1) is 12.6. The smallest absolute Gasteiger partial charge is 0.254 e. The molecule has 0 aromatic heterocycles. The van der Waals surface area contributed by atoms with Crippen LogP contribution in [-0.2, 0) is 10.5 Å². The average Bonchev–Trinajstić information content (AvgIpc) is 2.72. The lowest BCUT2D eigenvalue weighted by Gasteiger charge is -2.25. The van der Waals surface area contributed by atoms with Crippen LogP contribution in [0.2, 0.25) is 0 Å². The predicted octanol–water partition coefficient (Wildman–Crippen LogP) is 2.44. The first-order valence-corrected chi connectivity index (χ1v) is 6.50. The fourth-order valence-electron chi connectivity index (χ4n) is 2.59. The quantitative estimate of drug-likeness (QED) is 0.876. The van der Waals surface area contributed by atoms with Gasteiger partial charge in [-0.25, -0.2) is 0 Å². The summed E-state index contributed by atoms with van der Waals surface area (Å²) in [6, 6.07) is 18.6. The molecule has 0 aliphatic carbocycles. The lowest BCUT2D eigenvalue weighted by Crippen LogP contribution is -2.41. The van der Waals surface area contributed by atoms with Crippen LogP contribution in [0.5, 0.6) is 0 Å². The van der Waals surface area contributed by atoms with Gasteiger partial charge in [-0.15, -0.1) is 0 Å². The van der Waals surface area contributed by atoms with Crippen molar-refractivity contribution in [2.75, 3.05) is 0 Å². The second-order valence-electron chi connectivity index (χ2n) is 4.90. The van der Waals surface area contributed by atoms with Crippen molar-refractivity contribution in [1.82, 2.24) is 5.32 Å². The normalized spacial score (nSPS) is 22.0. The van der Waals surface area contributed by atoms with E-state index in [2.05, 4.69) is 5.32 Å². The molecule has 0 saturated heterocycles. The molecule has 3 nitrogen and oxygen atoms in total. The zero-order valence-electron chi connectivity index (χ0n) is 11.1. The Kier molecular flexibility index (Phi) is 2.92. The van der Waals surface area contributed by atoms with Crippen LogP contribution in [-0.4, -0.2) is 11.0 Å². The maximum atomic E-state index is 12.2. The predicted molar refractivity (Wildman–Crippen MR) is 77.5 cm³/mol. The maximum absolute atomic E-state index is 12.2. The summed E-state index contributed by atoms with van der Waals surface area (Å²) in [7, 11) is 0. The van der Waals surface area contributed by atoms with E-state index in [0.717, 1.165) is 5.56 Å². The number of nitrogens with one attached hydrogen (secondary N) is 1. The Labute approximate surface area is 117 Å². The Balaban J connectivity index is 2.14. The van der Waals surface area contributed by atoms with Crippen LogP contribution >= 0.6 is 0 Å². The van der Waals surface area contributed by atoms with Crippen molar-refractivity contribution in [2.24, 2.45) is 0 Å². The Morgan fingerprint density at radius 2 is 1.50 bits per heavy atom. The number of aliphatic hydroxyl groups is 1. The van der Waals surface area contributed by atoms with Gasteiger partial charge >= 0.3 is 0 Å². The number of carbonyl (C=O) groups is 1. The van der Waals surface area contributed by atoms with Gasteiger partial charge in [-0.2, -0.15) is 0 Å².